The number of carboxylic acid groups (broad SMARTS) is 1. The van der Waals surface area contributed by atoms with Crippen LogP contribution in [0.5, 0.6) is 0 Å². The normalized spacial score (nSPS) is 29.7. The number of piperidine rings is 1. The van der Waals surface area contributed by atoms with Crippen LogP contribution < -0.4 is 0 Å². The first-order chi connectivity index (χ1) is 8.75. The highest BCUT2D eigenvalue weighted by Crippen LogP contribution is 2.32. The first-order valence-corrected chi connectivity index (χ1v) is 7.29. The first-order valence-electron chi connectivity index (χ1n) is 7.29. The third-order valence-corrected chi connectivity index (χ3v) is 4.28. The number of carbonyl (C=O) groups is 2. The van der Waals surface area contributed by atoms with Crippen LogP contribution in [0.1, 0.15) is 53.9 Å². The Morgan fingerprint density at radius 2 is 1.89 bits per heavy atom. The van der Waals surface area contributed by atoms with Gasteiger partial charge in [0.15, 0.2) is 0 Å². The largest absolute Gasteiger partial charge is 0.481 e. The van der Waals surface area contributed by atoms with Gasteiger partial charge in [-0.25, -0.2) is 0 Å². The summed E-state index contributed by atoms with van der Waals surface area (Å²) >= 11 is 0. The molecule has 0 aromatic carbocycles. The molecule has 1 N–H and O–H groups in total. The lowest BCUT2D eigenvalue weighted by Crippen LogP contribution is -2.55. The fraction of sp³-hybridized carbons (Fsp3) is 0.867. The number of rotatable bonds is 5. The van der Waals surface area contributed by atoms with Gasteiger partial charge in [-0.1, -0.05) is 20.8 Å². The Morgan fingerprint density at radius 3 is 2.37 bits per heavy atom. The molecule has 1 heterocycles. The van der Waals surface area contributed by atoms with Crippen molar-refractivity contribution in [3.05, 3.63) is 0 Å². The van der Waals surface area contributed by atoms with Crippen molar-refractivity contribution in [2.75, 3.05) is 0 Å². The average Bonchev–Trinajstić information content (AvgIpc) is 2.24. The van der Waals surface area contributed by atoms with Crippen LogP contribution in [0, 0.1) is 17.8 Å². The zero-order chi connectivity index (χ0) is 14.7. The molecule has 0 saturated carbocycles. The predicted octanol–water partition coefficient (Wildman–Crippen LogP) is 2.77. The lowest BCUT2D eigenvalue weighted by Gasteiger charge is -2.44. The van der Waals surface area contributed by atoms with Crippen LogP contribution in [-0.2, 0) is 9.59 Å². The maximum Gasteiger partial charge on any atom is 0.308 e. The molecule has 0 aliphatic carbocycles. The second-order valence-electron chi connectivity index (χ2n) is 6.41. The Balaban J connectivity index is 2.80. The monoisotopic (exact) mass is 269 g/mol. The zero-order valence-corrected chi connectivity index (χ0v) is 12.7. The predicted molar refractivity (Wildman–Crippen MR) is 74.7 cm³/mol. The molecule has 4 unspecified atom stereocenters. The third kappa shape index (κ3) is 3.71. The fourth-order valence-corrected chi connectivity index (χ4v) is 3.19. The Bertz CT molecular complexity index is 340. The average molecular weight is 269 g/mol. The van der Waals surface area contributed by atoms with E-state index in [2.05, 4.69) is 13.8 Å². The summed E-state index contributed by atoms with van der Waals surface area (Å²) in [6.07, 6.45) is 2.35. The van der Waals surface area contributed by atoms with Gasteiger partial charge in [0.2, 0.25) is 5.91 Å². The van der Waals surface area contributed by atoms with Crippen LogP contribution in [0.2, 0.25) is 0 Å². The Morgan fingerprint density at radius 1 is 1.32 bits per heavy atom. The van der Waals surface area contributed by atoms with Gasteiger partial charge < -0.3 is 10.0 Å². The van der Waals surface area contributed by atoms with Crippen molar-refractivity contribution in [2.24, 2.45) is 17.8 Å². The van der Waals surface area contributed by atoms with E-state index in [0.717, 1.165) is 12.8 Å². The van der Waals surface area contributed by atoms with E-state index >= 15 is 0 Å². The van der Waals surface area contributed by atoms with E-state index in [1.54, 1.807) is 4.90 Å². The zero-order valence-electron chi connectivity index (χ0n) is 12.7. The molecule has 1 rings (SSSR count). The molecular formula is C15H27NO3. The van der Waals surface area contributed by atoms with Crippen LogP contribution in [0.15, 0.2) is 0 Å². The summed E-state index contributed by atoms with van der Waals surface area (Å²) in [5, 5.41) is 9.35. The molecule has 0 bridgehead atoms. The maximum atomic E-state index is 12.2. The number of likely N-dealkylation sites (tertiary alicyclic amines) is 1. The van der Waals surface area contributed by atoms with E-state index in [9.17, 15) is 14.7 Å². The van der Waals surface area contributed by atoms with Crippen molar-refractivity contribution in [2.45, 2.75) is 66.0 Å². The molecule has 4 atom stereocenters. The molecule has 1 aliphatic heterocycles. The topological polar surface area (TPSA) is 57.6 Å². The summed E-state index contributed by atoms with van der Waals surface area (Å²) < 4.78 is 0. The Kier molecular flexibility index (Phi) is 5.39. The third-order valence-electron chi connectivity index (χ3n) is 4.28. The highest BCUT2D eigenvalue weighted by atomic mass is 16.4. The van der Waals surface area contributed by atoms with Gasteiger partial charge in [-0.15, -0.1) is 0 Å². The minimum atomic E-state index is -0.784. The van der Waals surface area contributed by atoms with Crippen LogP contribution in [0.4, 0.5) is 0 Å². The fourth-order valence-electron chi connectivity index (χ4n) is 3.19. The van der Waals surface area contributed by atoms with Crippen molar-refractivity contribution in [3.63, 3.8) is 0 Å². The summed E-state index contributed by atoms with van der Waals surface area (Å²) in [6.45, 7) is 10.1. The maximum absolute atomic E-state index is 12.2. The quantitative estimate of drug-likeness (QED) is 0.835. The van der Waals surface area contributed by atoms with Crippen LogP contribution in [-0.4, -0.2) is 34.0 Å². The van der Waals surface area contributed by atoms with Gasteiger partial charge in [0, 0.05) is 18.5 Å². The summed E-state index contributed by atoms with van der Waals surface area (Å²) in [4.78, 5) is 25.4. The van der Waals surface area contributed by atoms with Gasteiger partial charge in [0.1, 0.15) is 0 Å². The van der Waals surface area contributed by atoms with Gasteiger partial charge in [0.25, 0.3) is 0 Å². The molecule has 19 heavy (non-hydrogen) atoms. The number of nitrogens with zero attached hydrogens (tertiary/aromatic N) is 1. The number of carbonyl (C=O) groups excluding carboxylic acids is 1. The van der Waals surface area contributed by atoms with Crippen LogP contribution in [0.25, 0.3) is 0 Å². The molecule has 0 aromatic heterocycles. The molecule has 110 valence electrons. The van der Waals surface area contributed by atoms with E-state index < -0.39 is 11.9 Å². The van der Waals surface area contributed by atoms with Crippen molar-refractivity contribution in [1.29, 1.82) is 0 Å². The van der Waals surface area contributed by atoms with Crippen LogP contribution >= 0.6 is 0 Å². The van der Waals surface area contributed by atoms with Crippen molar-refractivity contribution in [1.82, 2.24) is 4.90 Å². The van der Waals surface area contributed by atoms with E-state index in [-0.39, 0.29) is 23.9 Å². The molecule has 0 spiro atoms. The molecule has 1 aliphatic rings. The second kappa shape index (κ2) is 6.40. The smallest absolute Gasteiger partial charge is 0.308 e. The SMILES string of the molecule is CC(C)CCC(C)N1C(=O)CC(C)C(C(=O)O)C1C. The first kappa shape index (κ1) is 16.0. The van der Waals surface area contributed by atoms with Gasteiger partial charge in [-0.2, -0.15) is 0 Å². The lowest BCUT2D eigenvalue weighted by molar-refractivity contribution is -0.156. The summed E-state index contributed by atoms with van der Waals surface area (Å²) in [5.41, 5.74) is 0. The van der Waals surface area contributed by atoms with E-state index in [0.29, 0.717) is 12.3 Å². The molecule has 1 saturated heterocycles. The van der Waals surface area contributed by atoms with Crippen molar-refractivity contribution >= 4 is 11.9 Å². The summed E-state index contributed by atoms with van der Waals surface area (Å²) in [5.74, 6) is -0.595. The summed E-state index contributed by atoms with van der Waals surface area (Å²) in [7, 11) is 0. The Hall–Kier alpha value is -1.06. The van der Waals surface area contributed by atoms with E-state index in [1.807, 2.05) is 20.8 Å². The molecule has 4 heteroatoms. The Labute approximate surface area is 116 Å². The molecule has 0 aromatic rings. The minimum Gasteiger partial charge on any atom is -0.481 e. The molecule has 1 amide bonds. The van der Waals surface area contributed by atoms with Crippen molar-refractivity contribution in [3.8, 4) is 0 Å². The number of hydrogen-bond donors (Lipinski definition) is 1. The number of carboxylic acids is 1. The number of hydrogen-bond acceptors (Lipinski definition) is 2. The molecule has 0 radical (unpaired) electrons. The van der Waals surface area contributed by atoms with Crippen molar-refractivity contribution < 1.29 is 14.7 Å². The van der Waals surface area contributed by atoms with E-state index in [1.165, 1.54) is 0 Å². The van der Waals surface area contributed by atoms with Crippen LogP contribution in [0.3, 0.4) is 0 Å². The molecule has 1 fully saturated rings. The van der Waals surface area contributed by atoms with E-state index in [4.69, 9.17) is 0 Å². The lowest BCUT2D eigenvalue weighted by atomic mass is 9.80. The number of amides is 1. The highest BCUT2D eigenvalue weighted by molar-refractivity contribution is 5.82. The highest BCUT2D eigenvalue weighted by Gasteiger charge is 2.43. The van der Waals surface area contributed by atoms with Gasteiger partial charge >= 0.3 is 5.97 Å². The van der Waals surface area contributed by atoms with Gasteiger partial charge in [0.05, 0.1) is 5.92 Å². The summed E-state index contributed by atoms with van der Waals surface area (Å²) in [6, 6.07) is -0.0878. The molecule has 4 nitrogen and oxygen atoms in total. The number of aliphatic carboxylic acids is 1. The molecular weight excluding hydrogens is 242 g/mol. The standard InChI is InChI=1S/C15H27NO3/c1-9(2)6-7-11(4)16-12(5)14(15(18)19)10(3)8-13(16)17/h9-12,14H,6-8H2,1-5H3,(H,18,19). The minimum absolute atomic E-state index is 0.0754. The van der Waals surface area contributed by atoms with Gasteiger partial charge in [-0.3, -0.25) is 9.59 Å². The second-order valence-corrected chi connectivity index (χ2v) is 6.41. The van der Waals surface area contributed by atoms with Gasteiger partial charge in [-0.05, 0) is 38.5 Å².